The molecular weight excluding hydrogens is 202 g/mol. The van der Waals surface area contributed by atoms with Crippen LogP contribution in [0.5, 0.6) is 0 Å². The molecule has 16 heavy (non-hydrogen) atoms. The van der Waals surface area contributed by atoms with Crippen LogP contribution < -0.4 is 10.6 Å². The van der Waals surface area contributed by atoms with Crippen LogP contribution in [-0.4, -0.2) is 43.2 Å². The summed E-state index contributed by atoms with van der Waals surface area (Å²) in [6.45, 7) is 8.40. The van der Waals surface area contributed by atoms with E-state index < -0.39 is 0 Å². The summed E-state index contributed by atoms with van der Waals surface area (Å²) in [7, 11) is 0. The van der Waals surface area contributed by atoms with Gasteiger partial charge in [-0.05, 0) is 37.8 Å². The lowest BCUT2D eigenvalue weighted by Crippen LogP contribution is -2.33. The van der Waals surface area contributed by atoms with Gasteiger partial charge in [-0.2, -0.15) is 0 Å². The standard InChI is InChI=1S/C12H23N3O/c1-9(2)5-11-8-15(12(16)14-11)7-10-3-4-13-6-10/h9-11,13H,3-8H2,1-2H3,(H,14,16). The van der Waals surface area contributed by atoms with Crippen molar-refractivity contribution in [3.63, 3.8) is 0 Å². The number of carbonyl (C=O) groups excluding carboxylic acids is 1. The summed E-state index contributed by atoms with van der Waals surface area (Å²) in [5, 5.41) is 6.42. The number of carbonyl (C=O) groups is 1. The lowest BCUT2D eigenvalue weighted by atomic mass is 10.0. The minimum atomic E-state index is 0.137. The lowest BCUT2D eigenvalue weighted by molar-refractivity contribution is 0.210. The number of amides is 2. The van der Waals surface area contributed by atoms with Crippen molar-refractivity contribution in [1.82, 2.24) is 15.5 Å². The van der Waals surface area contributed by atoms with E-state index in [4.69, 9.17) is 0 Å². The Kier molecular flexibility index (Phi) is 3.69. The van der Waals surface area contributed by atoms with Gasteiger partial charge in [0.1, 0.15) is 0 Å². The zero-order chi connectivity index (χ0) is 11.5. The summed E-state index contributed by atoms with van der Waals surface area (Å²) in [5.74, 6) is 1.31. The van der Waals surface area contributed by atoms with Gasteiger partial charge < -0.3 is 15.5 Å². The van der Waals surface area contributed by atoms with Gasteiger partial charge >= 0.3 is 6.03 Å². The molecule has 2 N–H and O–H groups in total. The zero-order valence-electron chi connectivity index (χ0n) is 10.3. The average molecular weight is 225 g/mol. The number of rotatable bonds is 4. The van der Waals surface area contributed by atoms with Crippen molar-refractivity contribution in [1.29, 1.82) is 0 Å². The topological polar surface area (TPSA) is 44.4 Å². The third-order valence-electron chi connectivity index (χ3n) is 3.45. The number of nitrogens with one attached hydrogen (secondary N) is 2. The van der Waals surface area contributed by atoms with E-state index in [1.165, 1.54) is 6.42 Å². The quantitative estimate of drug-likeness (QED) is 0.751. The fourth-order valence-electron chi connectivity index (χ4n) is 2.70. The third kappa shape index (κ3) is 2.88. The molecule has 0 aromatic rings. The zero-order valence-corrected chi connectivity index (χ0v) is 10.3. The molecule has 2 rings (SSSR count). The molecule has 2 amide bonds. The monoisotopic (exact) mass is 225 g/mol. The highest BCUT2D eigenvalue weighted by atomic mass is 16.2. The first-order valence-electron chi connectivity index (χ1n) is 6.41. The Morgan fingerprint density at radius 1 is 1.50 bits per heavy atom. The van der Waals surface area contributed by atoms with Crippen LogP contribution in [0.1, 0.15) is 26.7 Å². The number of urea groups is 1. The molecule has 0 bridgehead atoms. The van der Waals surface area contributed by atoms with Crippen LogP contribution in [0.25, 0.3) is 0 Å². The molecule has 0 aromatic heterocycles. The van der Waals surface area contributed by atoms with Gasteiger partial charge in [0.25, 0.3) is 0 Å². The van der Waals surface area contributed by atoms with E-state index in [-0.39, 0.29) is 6.03 Å². The molecule has 2 fully saturated rings. The first kappa shape index (κ1) is 11.7. The molecule has 0 spiro atoms. The molecular formula is C12H23N3O. The summed E-state index contributed by atoms with van der Waals surface area (Å²) in [6.07, 6.45) is 2.30. The van der Waals surface area contributed by atoms with E-state index in [1.807, 2.05) is 4.90 Å². The van der Waals surface area contributed by atoms with Crippen molar-refractivity contribution >= 4 is 6.03 Å². The van der Waals surface area contributed by atoms with Crippen molar-refractivity contribution in [2.24, 2.45) is 11.8 Å². The molecule has 4 nitrogen and oxygen atoms in total. The predicted molar refractivity (Wildman–Crippen MR) is 64.3 cm³/mol. The Bertz CT molecular complexity index is 249. The van der Waals surface area contributed by atoms with Gasteiger partial charge in [-0.25, -0.2) is 4.79 Å². The molecule has 2 saturated heterocycles. The van der Waals surface area contributed by atoms with Crippen LogP contribution >= 0.6 is 0 Å². The molecule has 2 heterocycles. The summed E-state index contributed by atoms with van der Waals surface area (Å²) >= 11 is 0. The highest BCUT2D eigenvalue weighted by Crippen LogP contribution is 2.16. The van der Waals surface area contributed by atoms with Gasteiger partial charge in [-0.3, -0.25) is 0 Å². The van der Waals surface area contributed by atoms with E-state index >= 15 is 0 Å². The van der Waals surface area contributed by atoms with Gasteiger partial charge in [0.2, 0.25) is 0 Å². The Labute approximate surface area is 97.8 Å². The molecule has 2 aliphatic heterocycles. The summed E-state index contributed by atoms with van der Waals surface area (Å²) in [6, 6.07) is 0.499. The first-order chi connectivity index (χ1) is 7.65. The number of hydrogen-bond acceptors (Lipinski definition) is 2. The van der Waals surface area contributed by atoms with Gasteiger partial charge in [0.15, 0.2) is 0 Å². The van der Waals surface area contributed by atoms with Crippen LogP contribution in [0.3, 0.4) is 0 Å². The van der Waals surface area contributed by atoms with Crippen LogP contribution in [-0.2, 0) is 0 Å². The minimum Gasteiger partial charge on any atom is -0.333 e. The average Bonchev–Trinajstić information content (AvgIpc) is 2.77. The maximum absolute atomic E-state index is 11.7. The fraction of sp³-hybridized carbons (Fsp3) is 0.917. The second-order valence-electron chi connectivity index (χ2n) is 5.54. The first-order valence-corrected chi connectivity index (χ1v) is 6.41. The molecule has 0 saturated carbocycles. The number of hydrogen-bond donors (Lipinski definition) is 2. The third-order valence-corrected chi connectivity index (χ3v) is 3.45. The van der Waals surface area contributed by atoms with E-state index in [0.717, 1.165) is 32.6 Å². The highest BCUT2D eigenvalue weighted by Gasteiger charge is 2.31. The maximum Gasteiger partial charge on any atom is 0.317 e. The minimum absolute atomic E-state index is 0.137. The maximum atomic E-state index is 11.7. The molecule has 4 heteroatoms. The smallest absolute Gasteiger partial charge is 0.317 e. The summed E-state index contributed by atoms with van der Waals surface area (Å²) in [5.41, 5.74) is 0. The largest absolute Gasteiger partial charge is 0.333 e. The van der Waals surface area contributed by atoms with Gasteiger partial charge in [0, 0.05) is 19.1 Å². The number of nitrogens with zero attached hydrogens (tertiary/aromatic N) is 1. The highest BCUT2D eigenvalue weighted by molar-refractivity contribution is 5.76. The van der Waals surface area contributed by atoms with Crippen molar-refractivity contribution in [3.8, 4) is 0 Å². The van der Waals surface area contributed by atoms with Gasteiger partial charge in [-0.15, -0.1) is 0 Å². The fourth-order valence-corrected chi connectivity index (χ4v) is 2.70. The second kappa shape index (κ2) is 5.04. The molecule has 2 aliphatic rings. The van der Waals surface area contributed by atoms with Gasteiger partial charge in [0.05, 0.1) is 0 Å². The van der Waals surface area contributed by atoms with E-state index in [0.29, 0.717) is 17.9 Å². The lowest BCUT2D eigenvalue weighted by Gasteiger charge is -2.18. The molecule has 2 unspecified atom stereocenters. The molecule has 0 aromatic carbocycles. The summed E-state index contributed by atoms with van der Waals surface area (Å²) in [4.78, 5) is 13.7. The van der Waals surface area contributed by atoms with Crippen LogP contribution in [0, 0.1) is 11.8 Å². The van der Waals surface area contributed by atoms with Crippen molar-refractivity contribution in [3.05, 3.63) is 0 Å². The summed E-state index contributed by atoms with van der Waals surface area (Å²) < 4.78 is 0. The van der Waals surface area contributed by atoms with Gasteiger partial charge in [-0.1, -0.05) is 13.8 Å². The molecule has 92 valence electrons. The van der Waals surface area contributed by atoms with E-state index in [2.05, 4.69) is 24.5 Å². The van der Waals surface area contributed by atoms with Crippen molar-refractivity contribution in [2.45, 2.75) is 32.7 Å². The molecule has 2 atom stereocenters. The Hall–Kier alpha value is -0.770. The predicted octanol–water partition coefficient (Wildman–Crippen LogP) is 1.04. The van der Waals surface area contributed by atoms with E-state index in [1.54, 1.807) is 0 Å². The van der Waals surface area contributed by atoms with Crippen LogP contribution in [0.2, 0.25) is 0 Å². The molecule has 0 radical (unpaired) electrons. The molecule has 0 aliphatic carbocycles. The van der Waals surface area contributed by atoms with E-state index in [9.17, 15) is 4.79 Å². The Balaban J connectivity index is 1.79. The Morgan fingerprint density at radius 3 is 2.94 bits per heavy atom. The normalized spacial score (nSPS) is 30.2. The van der Waals surface area contributed by atoms with Crippen molar-refractivity contribution < 1.29 is 4.79 Å². The Morgan fingerprint density at radius 2 is 2.31 bits per heavy atom. The van der Waals surface area contributed by atoms with Crippen LogP contribution in [0.15, 0.2) is 0 Å². The SMILES string of the molecule is CC(C)CC1CN(CC2CCNC2)C(=O)N1. The van der Waals surface area contributed by atoms with Crippen molar-refractivity contribution in [2.75, 3.05) is 26.2 Å². The van der Waals surface area contributed by atoms with Crippen LogP contribution in [0.4, 0.5) is 4.79 Å². The second-order valence-corrected chi connectivity index (χ2v) is 5.54.